The van der Waals surface area contributed by atoms with E-state index < -0.39 is 5.54 Å². The minimum absolute atomic E-state index is 0.0619. The van der Waals surface area contributed by atoms with Crippen LogP contribution in [0, 0.1) is 5.41 Å². The van der Waals surface area contributed by atoms with Gasteiger partial charge in [0.05, 0.1) is 12.1 Å². The second kappa shape index (κ2) is 8.50. The number of nitrogens with zero attached hydrogens (tertiary/aromatic N) is 3. The maximum absolute atomic E-state index is 6.78. The van der Waals surface area contributed by atoms with E-state index in [0.29, 0.717) is 6.61 Å². The highest BCUT2D eigenvalue weighted by Crippen LogP contribution is 2.58. The quantitative estimate of drug-likeness (QED) is 0.482. The van der Waals surface area contributed by atoms with Crippen LogP contribution in [0.4, 0.5) is 0 Å². The minimum Gasteiger partial charge on any atom is -0.493 e. The average molecular weight is 491 g/mol. The van der Waals surface area contributed by atoms with E-state index in [1.165, 1.54) is 0 Å². The van der Waals surface area contributed by atoms with E-state index in [4.69, 9.17) is 15.2 Å². The smallest absolute Gasteiger partial charge is 0.133 e. The number of fused-ring (bicyclic) bond motifs is 4. The van der Waals surface area contributed by atoms with Crippen molar-refractivity contribution in [2.45, 2.75) is 58.1 Å². The van der Waals surface area contributed by atoms with Crippen LogP contribution in [0.25, 0.3) is 11.1 Å². The average Bonchev–Trinajstić information content (AvgIpc) is 3.16. The first-order chi connectivity index (χ1) is 16.5. The lowest BCUT2D eigenvalue weighted by Crippen LogP contribution is -2.58. The molecule has 6 nitrogen and oxygen atoms in total. The summed E-state index contributed by atoms with van der Waals surface area (Å²) in [5, 5.41) is 0. The second-order valence-corrected chi connectivity index (χ2v) is 12.7. The standard InChI is InChI=1S/C28H34N4O2S/c1-26(2,3)15-33-20-8-10-24-22(12-20)28(16-35-25(29)32(28)27(4,5)6)21-11-18(7-9-23(21)34-24)19-13-30-17-31-14-19/h7-14,17,25H,15-16,29H2,1-6H3. The fourth-order valence-corrected chi connectivity index (χ4v) is 6.59. The van der Waals surface area contributed by atoms with E-state index in [2.05, 4.69) is 80.7 Å². The van der Waals surface area contributed by atoms with Crippen molar-refractivity contribution in [2.75, 3.05) is 12.4 Å². The summed E-state index contributed by atoms with van der Waals surface area (Å²) in [6.07, 6.45) is 5.23. The van der Waals surface area contributed by atoms with Gasteiger partial charge in [0.25, 0.3) is 0 Å². The summed E-state index contributed by atoms with van der Waals surface area (Å²) in [5.41, 5.74) is 10.2. The SMILES string of the molecule is CC(C)(C)COc1ccc2c(c1)C1(CSC(N)N1C(C)(C)C)c1cc(-c3cncnc3)ccc1O2. The van der Waals surface area contributed by atoms with Crippen LogP contribution in [0.1, 0.15) is 52.7 Å². The van der Waals surface area contributed by atoms with Crippen molar-refractivity contribution in [3.63, 3.8) is 0 Å². The topological polar surface area (TPSA) is 73.5 Å². The van der Waals surface area contributed by atoms with Gasteiger partial charge in [-0.2, -0.15) is 0 Å². The van der Waals surface area contributed by atoms with E-state index in [1.807, 2.05) is 24.5 Å². The van der Waals surface area contributed by atoms with Crippen LogP contribution in [0.2, 0.25) is 0 Å². The molecule has 2 aliphatic rings. The normalized spacial score (nSPS) is 22.0. The van der Waals surface area contributed by atoms with Crippen LogP contribution in [-0.4, -0.2) is 38.3 Å². The van der Waals surface area contributed by atoms with Gasteiger partial charge in [0.1, 0.15) is 29.1 Å². The van der Waals surface area contributed by atoms with Crippen molar-refractivity contribution in [3.8, 4) is 28.4 Å². The highest BCUT2D eigenvalue weighted by atomic mass is 32.2. The number of rotatable bonds is 3. The zero-order valence-electron chi connectivity index (χ0n) is 21.3. The lowest BCUT2D eigenvalue weighted by atomic mass is 9.77. The van der Waals surface area contributed by atoms with Crippen molar-refractivity contribution < 1.29 is 9.47 Å². The van der Waals surface area contributed by atoms with Gasteiger partial charge in [0.15, 0.2) is 0 Å². The Morgan fingerprint density at radius 1 is 1.00 bits per heavy atom. The highest BCUT2D eigenvalue weighted by Gasteiger charge is 2.56. The maximum Gasteiger partial charge on any atom is 0.133 e. The monoisotopic (exact) mass is 490 g/mol. The first-order valence-corrected chi connectivity index (χ1v) is 13.1. The van der Waals surface area contributed by atoms with E-state index in [1.54, 1.807) is 18.1 Å². The fourth-order valence-electron chi connectivity index (χ4n) is 5.08. The molecule has 7 heteroatoms. The lowest BCUT2D eigenvalue weighted by molar-refractivity contribution is 0.0377. The van der Waals surface area contributed by atoms with E-state index in [0.717, 1.165) is 45.3 Å². The van der Waals surface area contributed by atoms with Crippen molar-refractivity contribution in [1.29, 1.82) is 0 Å². The van der Waals surface area contributed by atoms with Crippen LogP contribution in [0.5, 0.6) is 17.2 Å². The zero-order chi connectivity index (χ0) is 25.0. The van der Waals surface area contributed by atoms with Gasteiger partial charge in [-0.1, -0.05) is 26.8 Å². The van der Waals surface area contributed by atoms with Crippen LogP contribution in [0.3, 0.4) is 0 Å². The molecule has 35 heavy (non-hydrogen) atoms. The largest absolute Gasteiger partial charge is 0.493 e. The molecule has 184 valence electrons. The molecule has 0 bridgehead atoms. The van der Waals surface area contributed by atoms with E-state index in [-0.39, 0.29) is 16.5 Å². The van der Waals surface area contributed by atoms with Crippen molar-refractivity contribution in [1.82, 2.24) is 14.9 Å². The summed E-state index contributed by atoms with van der Waals surface area (Å²) in [5.74, 6) is 3.36. The summed E-state index contributed by atoms with van der Waals surface area (Å²) in [6.45, 7) is 13.8. The Balaban J connectivity index is 1.71. The molecule has 0 radical (unpaired) electrons. The third-order valence-electron chi connectivity index (χ3n) is 6.46. The summed E-state index contributed by atoms with van der Waals surface area (Å²) >= 11 is 1.77. The number of hydrogen-bond donors (Lipinski definition) is 1. The Morgan fingerprint density at radius 3 is 2.31 bits per heavy atom. The van der Waals surface area contributed by atoms with Crippen LogP contribution < -0.4 is 15.2 Å². The van der Waals surface area contributed by atoms with Gasteiger partial charge >= 0.3 is 0 Å². The molecule has 2 aromatic carbocycles. The molecule has 2 unspecified atom stereocenters. The molecule has 1 fully saturated rings. The number of benzene rings is 2. The second-order valence-electron chi connectivity index (χ2n) is 11.6. The maximum atomic E-state index is 6.78. The molecule has 3 heterocycles. The van der Waals surface area contributed by atoms with Crippen molar-refractivity contribution in [3.05, 3.63) is 66.2 Å². The molecule has 0 saturated carbocycles. The number of thioether (sulfide) groups is 1. The van der Waals surface area contributed by atoms with Crippen molar-refractivity contribution >= 4 is 11.8 Å². The molecule has 2 aliphatic heterocycles. The van der Waals surface area contributed by atoms with E-state index in [9.17, 15) is 0 Å². The first kappa shape index (κ1) is 24.1. The van der Waals surface area contributed by atoms with Crippen LogP contribution >= 0.6 is 11.8 Å². The Morgan fingerprint density at radius 2 is 1.66 bits per heavy atom. The molecule has 2 atom stereocenters. The lowest BCUT2D eigenvalue weighted by Gasteiger charge is -2.50. The Kier molecular flexibility index (Phi) is 5.86. The molecule has 1 spiro atoms. The molecular weight excluding hydrogens is 456 g/mol. The zero-order valence-corrected chi connectivity index (χ0v) is 22.1. The van der Waals surface area contributed by atoms with Crippen LogP contribution in [0.15, 0.2) is 55.1 Å². The number of nitrogens with two attached hydrogens (primary N) is 1. The summed E-state index contributed by atoms with van der Waals surface area (Å²) < 4.78 is 12.7. The minimum atomic E-state index is -0.474. The van der Waals surface area contributed by atoms with Gasteiger partial charge in [0.2, 0.25) is 0 Å². The van der Waals surface area contributed by atoms with E-state index >= 15 is 0 Å². The van der Waals surface area contributed by atoms with Gasteiger partial charge in [-0.05, 0) is 62.1 Å². The van der Waals surface area contributed by atoms with Gasteiger partial charge in [-0.15, -0.1) is 11.8 Å². The predicted molar refractivity (Wildman–Crippen MR) is 142 cm³/mol. The molecule has 3 aromatic rings. The molecule has 0 amide bonds. The summed E-state index contributed by atoms with van der Waals surface area (Å²) in [7, 11) is 0. The summed E-state index contributed by atoms with van der Waals surface area (Å²) in [4.78, 5) is 10.9. The molecule has 1 saturated heterocycles. The Bertz CT molecular complexity index is 1240. The van der Waals surface area contributed by atoms with Gasteiger partial charge in [0, 0.05) is 40.4 Å². The molecular formula is C28H34N4O2S. The first-order valence-electron chi connectivity index (χ1n) is 12.0. The fraction of sp³-hybridized carbons (Fsp3) is 0.429. The Labute approximate surface area is 212 Å². The number of hydrogen-bond acceptors (Lipinski definition) is 7. The number of aromatic nitrogens is 2. The van der Waals surface area contributed by atoms with Crippen molar-refractivity contribution in [2.24, 2.45) is 11.1 Å². The third kappa shape index (κ3) is 4.30. The third-order valence-corrected chi connectivity index (χ3v) is 7.60. The highest BCUT2D eigenvalue weighted by molar-refractivity contribution is 8.00. The molecule has 2 N–H and O–H groups in total. The Hall–Kier alpha value is -2.61. The summed E-state index contributed by atoms with van der Waals surface area (Å²) in [6, 6.07) is 12.5. The molecule has 5 rings (SSSR count). The molecule has 0 aliphatic carbocycles. The number of ether oxygens (including phenoxy) is 2. The van der Waals surface area contributed by atoms with Gasteiger partial charge in [-0.25, -0.2) is 9.97 Å². The predicted octanol–water partition coefficient (Wildman–Crippen LogP) is 6.01. The molecule has 1 aromatic heterocycles. The van der Waals surface area contributed by atoms with Crippen LogP contribution in [-0.2, 0) is 5.54 Å². The van der Waals surface area contributed by atoms with Gasteiger partial charge < -0.3 is 15.2 Å². The van der Waals surface area contributed by atoms with Gasteiger partial charge in [-0.3, -0.25) is 4.90 Å².